The van der Waals surface area contributed by atoms with E-state index in [1.807, 2.05) is 0 Å². The highest BCUT2D eigenvalue weighted by Crippen LogP contribution is 2.08. The first-order valence-electron chi connectivity index (χ1n) is 3.47. The van der Waals surface area contributed by atoms with Gasteiger partial charge in [0.1, 0.15) is 11.9 Å². The molecule has 7 nitrogen and oxygen atoms in total. The molecule has 1 rings (SSSR count). The largest absolute Gasteiger partial charge is 0.374 e. The molecular weight excluding hydrogens is 196 g/mol. The van der Waals surface area contributed by atoms with Crippen molar-refractivity contribution >= 4 is 16.7 Å². The predicted octanol–water partition coefficient (Wildman–Crippen LogP) is 0.260. The van der Waals surface area contributed by atoms with Crippen molar-refractivity contribution in [3.63, 3.8) is 0 Å². The van der Waals surface area contributed by atoms with Gasteiger partial charge >= 0.3 is 0 Å². The van der Waals surface area contributed by atoms with Gasteiger partial charge in [0, 0.05) is 18.0 Å². The molecule has 0 saturated heterocycles. The average Bonchev–Trinajstić information content (AvgIpc) is 2.33. The summed E-state index contributed by atoms with van der Waals surface area (Å²) in [5, 5.41) is 9.44. The summed E-state index contributed by atoms with van der Waals surface area (Å²) in [5.74, 6) is 0.469. The second kappa shape index (κ2) is 3.99. The zero-order chi connectivity index (χ0) is 9.84. The molecule has 0 saturated carbocycles. The van der Waals surface area contributed by atoms with Gasteiger partial charge in [-0.15, -0.1) is 10.1 Å². The summed E-state index contributed by atoms with van der Waals surface area (Å²) in [7, 11) is 0. The Labute approximate surface area is 77.8 Å². The SMILES string of the molecule is CC(Cc1nsc(N)n1)O[N+](=O)[O-]. The lowest BCUT2D eigenvalue weighted by Crippen LogP contribution is -2.16. The number of nitrogen functional groups attached to an aromatic ring is 1. The number of hydrogen-bond acceptors (Lipinski definition) is 7. The van der Waals surface area contributed by atoms with E-state index in [-0.39, 0.29) is 6.42 Å². The molecule has 13 heavy (non-hydrogen) atoms. The summed E-state index contributed by atoms with van der Waals surface area (Å²) in [6.45, 7) is 1.57. The molecule has 0 fully saturated rings. The van der Waals surface area contributed by atoms with Crippen LogP contribution in [0.3, 0.4) is 0 Å². The maximum absolute atomic E-state index is 9.93. The number of nitrogens with two attached hydrogens (primary N) is 1. The molecule has 72 valence electrons. The fourth-order valence-electron chi connectivity index (χ4n) is 0.792. The standard InChI is InChI=1S/C5H8N4O3S/c1-3(12-9(10)11)2-4-7-5(6)13-8-4/h3H,2H2,1H3,(H2,6,7,8). The summed E-state index contributed by atoms with van der Waals surface area (Å²) in [5.41, 5.74) is 5.33. The minimum Gasteiger partial charge on any atom is -0.374 e. The van der Waals surface area contributed by atoms with E-state index in [2.05, 4.69) is 14.2 Å². The summed E-state index contributed by atoms with van der Waals surface area (Å²) < 4.78 is 3.87. The molecule has 0 amide bonds. The summed E-state index contributed by atoms with van der Waals surface area (Å²) in [6.07, 6.45) is -0.265. The van der Waals surface area contributed by atoms with E-state index in [4.69, 9.17) is 5.73 Å². The maximum atomic E-state index is 9.93. The van der Waals surface area contributed by atoms with Gasteiger partial charge in [0.05, 0.1) is 0 Å². The van der Waals surface area contributed by atoms with Crippen molar-refractivity contribution in [1.29, 1.82) is 0 Å². The van der Waals surface area contributed by atoms with Crippen LogP contribution < -0.4 is 5.73 Å². The number of hydrogen-bond donors (Lipinski definition) is 1. The van der Waals surface area contributed by atoms with Crippen molar-refractivity contribution in [2.45, 2.75) is 19.4 Å². The fraction of sp³-hybridized carbons (Fsp3) is 0.600. The van der Waals surface area contributed by atoms with E-state index >= 15 is 0 Å². The third-order valence-corrected chi connectivity index (χ3v) is 1.80. The Bertz CT molecular complexity index is 302. The molecule has 0 aromatic carbocycles. The Hall–Kier alpha value is -1.44. The van der Waals surface area contributed by atoms with E-state index in [0.29, 0.717) is 11.0 Å². The van der Waals surface area contributed by atoms with Crippen LogP contribution in [-0.2, 0) is 11.3 Å². The third-order valence-electron chi connectivity index (χ3n) is 1.22. The highest BCUT2D eigenvalue weighted by molar-refractivity contribution is 7.09. The Morgan fingerprint density at radius 2 is 2.54 bits per heavy atom. The van der Waals surface area contributed by atoms with Crippen LogP contribution in [0.2, 0.25) is 0 Å². The molecule has 0 bridgehead atoms. The van der Waals surface area contributed by atoms with Crippen LogP contribution in [0.15, 0.2) is 0 Å². The molecule has 1 aromatic heterocycles. The number of anilines is 1. The minimum atomic E-state index is -0.833. The molecule has 0 aliphatic heterocycles. The van der Waals surface area contributed by atoms with Crippen molar-refractivity contribution in [1.82, 2.24) is 9.36 Å². The van der Waals surface area contributed by atoms with Crippen molar-refractivity contribution in [2.75, 3.05) is 5.73 Å². The van der Waals surface area contributed by atoms with E-state index in [0.717, 1.165) is 11.5 Å². The fourth-order valence-corrected chi connectivity index (χ4v) is 1.25. The predicted molar refractivity (Wildman–Crippen MR) is 45.6 cm³/mol. The molecule has 2 N–H and O–H groups in total. The Kier molecular flexibility index (Phi) is 2.96. The van der Waals surface area contributed by atoms with E-state index < -0.39 is 11.2 Å². The van der Waals surface area contributed by atoms with Gasteiger partial charge in [-0.25, -0.2) is 4.98 Å². The lowest BCUT2D eigenvalue weighted by molar-refractivity contribution is -0.767. The maximum Gasteiger partial charge on any atom is 0.294 e. The molecule has 8 heteroatoms. The molecule has 0 spiro atoms. The molecule has 0 radical (unpaired) electrons. The van der Waals surface area contributed by atoms with Crippen molar-refractivity contribution in [3.05, 3.63) is 15.9 Å². The van der Waals surface area contributed by atoms with E-state index in [1.54, 1.807) is 6.92 Å². The van der Waals surface area contributed by atoms with Crippen molar-refractivity contribution in [2.24, 2.45) is 0 Å². The Balaban J connectivity index is 2.44. The normalized spacial score (nSPS) is 12.4. The first kappa shape index (κ1) is 9.65. The van der Waals surface area contributed by atoms with E-state index in [9.17, 15) is 10.1 Å². The second-order valence-corrected chi connectivity index (χ2v) is 3.18. The topological polar surface area (TPSA) is 104 Å². The Morgan fingerprint density at radius 3 is 3.00 bits per heavy atom. The van der Waals surface area contributed by atoms with Crippen LogP contribution in [-0.4, -0.2) is 20.5 Å². The average molecular weight is 204 g/mol. The molecule has 0 aliphatic rings. The van der Waals surface area contributed by atoms with Gasteiger partial charge in [-0.2, -0.15) is 4.37 Å². The van der Waals surface area contributed by atoms with Crippen LogP contribution in [0.5, 0.6) is 0 Å². The lowest BCUT2D eigenvalue weighted by Gasteiger charge is -2.04. The van der Waals surface area contributed by atoms with Gasteiger partial charge in [-0.3, -0.25) is 0 Å². The van der Waals surface area contributed by atoms with Crippen LogP contribution in [0.4, 0.5) is 5.13 Å². The van der Waals surface area contributed by atoms with Gasteiger partial charge in [0.2, 0.25) is 0 Å². The summed E-state index contributed by atoms with van der Waals surface area (Å²) >= 11 is 1.06. The zero-order valence-corrected chi connectivity index (χ0v) is 7.65. The monoisotopic (exact) mass is 204 g/mol. The first-order chi connectivity index (χ1) is 6.08. The molecule has 1 unspecified atom stereocenters. The van der Waals surface area contributed by atoms with E-state index in [1.165, 1.54) is 0 Å². The van der Waals surface area contributed by atoms with Gasteiger partial charge in [0.25, 0.3) is 5.09 Å². The second-order valence-electron chi connectivity index (χ2n) is 2.39. The minimum absolute atomic E-state index is 0.286. The lowest BCUT2D eigenvalue weighted by atomic mass is 10.3. The Morgan fingerprint density at radius 1 is 1.85 bits per heavy atom. The quantitative estimate of drug-likeness (QED) is 0.557. The number of rotatable bonds is 4. The van der Waals surface area contributed by atoms with Gasteiger partial charge in [-0.1, -0.05) is 0 Å². The highest BCUT2D eigenvalue weighted by Gasteiger charge is 2.11. The van der Waals surface area contributed by atoms with Gasteiger partial charge in [0.15, 0.2) is 5.13 Å². The first-order valence-corrected chi connectivity index (χ1v) is 4.24. The molecule has 0 aliphatic carbocycles. The van der Waals surface area contributed by atoms with Crippen LogP contribution >= 0.6 is 11.5 Å². The third kappa shape index (κ3) is 3.20. The zero-order valence-electron chi connectivity index (χ0n) is 6.84. The van der Waals surface area contributed by atoms with Crippen LogP contribution in [0, 0.1) is 10.1 Å². The molecule has 1 aromatic rings. The smallest absolute Gasteiger partial charge is 0.294 e. The molecular formula is C5H8N4O3S. The van der Waals surface area contributed by atoms with Gasteiger partial charge in [-0.05, 0) is 6.92 Å². The number of nitrogens with zero attached hydrogens (tertiary/aromatic N) is 3. The van der Waals surface area contributed by atoms with Gasteiger partial charge < -0.3 is 10.6 Å². The summed E-state index contributed by atoms with van der Waals surface area (Å²) in [4.78, 5) is 18.0. The van der Waals surface area contributed by atoms with Crippen LogP contribution in [0.1, 0.15) is 12.7 Å². The highest BCUT2D eigenvalue weighted by atomic mass is 32.1. The van der Waals surface area contributed by atoms with Crippen molar-refractivity contribution < 1.29 is 9.92 Å². The molecule has 1 atom stereocenters. The van der Waals surface area contributed by atoms with Crippen LogP contribution in [0.25, 0.3) is 0 Å². The van der Waals surface area contributed by atoms with Crippen molar-refractivity contribution in [3.8, 4) is 0 Å². The molecule has 1 heterocycles. The number of aromatic nitrogens is 2. The summed E-state index contributed by atoms with van der Waals surface area (Å²) in [6, 6.07) is 0.